The second kappa shape index (κ2) is 5.06. The van der Waals surface area contributed by atoms with E-state index in [9.17, 15) is 0 Å². The van der Waals surface area contributed by atoms with E-state index >= 15 is 0 Å². The zero-order valence-electron chi connectivity index (χ0n) is 15.2. The molecule has 0 aromatic heterocycles. The van der Waals surface area contributed by atoms with Gasteiger partial charge < -0.3 is 0 Å². The Bertz CT molecular complexity index is 1460. The largest absolute Gasteiger partial charge is 0.0630 e. The van der Waals surface area contributed by atoms with Crippen molar-refractivity contribution < 1.29 is 1.37 Å². The number of hydrogen-bond acceptors (Lipinski definition) is 0. The van der Waals surface area contributed by atoms with Gasteiger partial charge in [-0.1, -0.05) is 91.0 Å². The summed E-state index contributed by atoms with van der Waals surface area (Å²) in [6.07, 6.45) is 0. The third-order valence-electron chi connectivity index (χ3n) is 5.49. The third-order valence-corrected chi connectivity index (χ3v) is 5.49. The van der Waals surface area contributed by atoms with Crippen LogP contribution in [0.25, 0.3) is 54.2 Å². The molecule has 0 heteroatoms. The molecule has 0 radical (unpaired) electrons. The molecule has 26 heavy (non-hydrogen) atoms. The summed E-state index contributed by atoms with van der Waals surface area (Å²) in [7, 11) is 0. The Morgan fingerprint density at radius 2 is 1.23 bits per heavy atom. The van der Waals surface area contributed by atoms with Gasteiger partial charge in [-0.25, -0.2) is 0 Å². The molecule has 6 rings (SSSR count). The fraction of sp³-hybridized carbons (Fsp3) is 0. The van der Waals surface area contributed by atoms with Crippen LogP contribution < -0.4 is 0 Å². The lowest BCUT2D eigenvalue weighted by molar-refractivity contribution is 1.67. The van der Waals surface area contributed by atoms with Crippen LogP contribution in [-0.2, 0) is 0 Å². The normalized spacial score (nSPS) is 12.4. The zero-order valence-corrected chi connectivity index (χ0v) is 14.2. The molecular weight excluding hydrogens is 312 g/mol. The van der Waals surface area contributed by atoms with Crippen LogP contribution >= 0.6 is 0 Å². The molecule has 0 unspecified atom stereocenters. The number of hydrogen-bond donors (Lipinski definition) is 0. The number of benzene rings is 6. The average Bonchev–Trinajstić information content (AvgIpc) is 2.72. The summed E-state index contributed by atoms with van der Waals surface area (Å²) in [5.41, 5.74) is 2.12. The van der Waals surface area contributed by atoms with Crippen LogP contribution in [-0.4, -0.2) is 0 Å². The minimum Gasteiger partial charge on any atom is -0.0622 e. The minimum absolute atomic E-state index is 0.580. The maximum absolute atomic E-state index is 8.66. The highest BCUT2D eigenvalue weighted by Gasteiger charge is 2.13. The van der Waals surface area contributed by atoms with Gasteiger partial charge in [-0.15, -0.1) is 0 Å². The van der Waals surface area contributed by atoms with Crippen molar-refractivity contribution in [2.75, 3.05) is 0 Å². The van der Waals surface area contributed by atoms with Gasteiger partial charge >= 0.3 is 0 Å². The molecule has 0 saturated heterocycles. The molecule has 0 fully saturated rings. The molecule has 6 aromatic carbocycles. The Kier molecular flexibility index (Phi) is 2.51. The first kappa shape index (κ1) is 12.9. The zero-order chi connectivity index (χ0) is 18.0. The predicted molar refractivity (Wildman–Crippen MR) is 113 cm³/mol. The topological polar surface area (TPSA) is 0 Å². The lowest BCUT2D eigenvalue weighted by Crippen LogP contribution is -1.88. The van der Waals surface area contributed by atoms with Crippen molar-refractivity contribution in [3.05, 3.63) is 97.0 Å². The summed E-state index contributed by atoms with van der Waals surface area (Å²) in [4.78, 5) is 0. The van der Waals surface area contributed by atoms with Crippen molar-refractivity contribution >= 4 is 43.1 Å². The van der Waals surface area contributed by atoms with E-state index in [-0.39, 0.29) is 0 Å². The fourth-order valence-corrected chi connectivity index (χ4v) is 4.33. The van der Waals surface area contributed by atoms with Gasteiger partial charge in [0.1, 0.15) is 0 Å². The second-order valence-corrected chi connectivity index (χ2v) is 6.92. The van der Waals surface area contributed by atoms with Crippen molar-refractivity contribution in [1.82, 2.24) is 0 Å². The molecule has 0 aliphatic heterocycles. The molecule has 6 aromatic rings. The number of rotatable bonds is 1. The average molecular weight is 329 g/mol. The molecule has 0 nitrogen and oxygen atoms in total. The van der Waals surface area contributed by atoms with E-state index in [1.54, 1.807) is 0 Å². The lowest BCUT2D eigenvalue weighted by atomic mass is 9.88. The Balaban J connectivity index is 1.88. The molecule has 0 amide bonds. The highest BCUT2D eigenvalue weighted by Crippen LogP contribution is 2.41. The summed E-state index contributed by atoms with van der Waals surface area (Å²) in [6.45, 7) is 0. The Morgan fingerprint density at radius 1 is 0.500 bits per heavy atom. The predicted octanol–water partition coefficient (Wildman–Crippen LogP) is 7.40. The monoisotopic (exact) mass is 329 g/mol. The second-order valence-electron chi connectivity index (χ2n) is 6.92. The smallest absolute Gasteiger partial charge is 0.0622 e. The van der Waals surface area contributed by atoms with Gasteiger partial charge in [-0.2, -0.15) is 0 Å². The fourth-order valence-electron chi connectivity index (χ4n) is 4.33. The SMILES string of the molecule is [2H]c1cc2ccc3cc4ccccc4c4ccc(c1-c1ccccc1)c2c34. The maximum Gasteiger partial charge on any atom is 0.0630 e. The first-order chi connectivity index (χ1) is 13.3. The molecule has 0 aliphatic rings. The van der Waals surface area contributed by atoms with E-state index in [1.165, 1.54) is 32.3 Å². The van der Waals surface area contributed by atoms with Crippen LogP contribution in [0.3, 0.4) is 0 Å². The molecule has 0 saturated carbocycles. The lowest BCUT2D eigenvalue weighted by Gasteiger charge is -2.15. The van der Waals surface area contributed by atoms with Gasteiger partial charge in [0.25, 0.3) is 0 Å². The van der Waals surface area contributed by atoms with Crippen LogP contribution in [0.15, 0.2) is 97.0 Å². The summed E-state index contributed by atoms with van der Waals surface area (Å²) in [5.74, 6) is 0. The van der Waals surface area contributed by atoms with Crippen LogP contribution in [0.2, 0.25) is 0 Å². The van der Waals surface area contributed by atoms with Gasteiger partial charge in [-0.05, 0) is 60.3 Å². The molecule has 120 valence electrons. The van der Waals surface area contributed by atoms with Crippen LogP contribution in [0.1, 0.15) is 1.37 Å². The van der Waals surface area contributed by atoms with E-state index in [4.69, 9.17) is 1.37 Å². The third kappa shape index (κ3) is 1.79. The quantitative estimate of drug-likeness (QED) is 0.218. The highest BCUT2D eigenvalue weighted by atomic mass is 14.2. The van der Waals surface area contributed by atoms with Crippen LogP contribution in [0, 0.1) is 0 Å². The van der Waals surface area contributed by atoms with Crippen molar-refractivity contribution in [2.45, 2.75) is 0 Å². The molecule has 0 heterocycles. The van der Waals surface area contributed by atoms with Gasteiger partial charge in [0.05, 0.1) is 1.37 Å². The summed E-state index contributed by atoms with van der Waals surface area (Å²) >= 11 is 0. The van der Waals surface area contributed by atoms with Crippen LogP contribution in [0.5, 0.6) is 0 Å². The Hall–Kier alpha value is -3.38. The van der Waals surface area contributed by atoms with Crippen LogP contribution in [0.4, 0.5) is 0 Å². The molecule has 0 atom stereocenters. The first-order valence-electron chi connectivity index (χ1n) is 9.46. The van der Waals surface area contributed by atoms with Gasteiger partial charge in [-0.3, -0.25) is 0 Å². The van der Waals surface area contributed by atoms with Crippen molar-refractivity contribution in [1.29, 1.82) is 0 Å². The van der Waals surface area contributed by atoms with E-state index in [0.717, 1.165) is 21.9 Å². The number of fused-ring (bicyclic) bond motifs is 2. The first-order valence-corrected chi connectivity index (χ1v) is 8.96. The maximum atomic E-state index is 8.66. The standard InChI is InChI=1S/C26H16/c1-2-6-17(7-3-1)22-13-12-18-10-11-20-16-19-8-4-5-9-21(19)23-14-15-24(22)25(18)26(20)23/h1-16H/i13D. The van der Waals surface area contributed by atoms with E-state index in [1.807, 2.05) is 24.3 Å². The summed E-state index contributed by atoms with van der Waals surface area (Å²) in [5, 5.41) is 9.99. The molecule has 0 spiro atoms. The Labute approximate surface area is 153 Å². The molecular formula is C26H16. The summed E-state index contributed by atoms with van der Waals surface area (Å²) in [6, 6.07) is 32.6. The van der Waals surface area contributed by atoms with E-state index in [2.05, 4.69) is 66.7 Å². The van der Waals surface area contributed by atoms with E-state index in [0.29, 0.717) is 6.04 Å². The highest BCUT2D eigenvalue weighted by molar-refractivity contribution is 6.30. The summed E-state index contributed by atoms with van der Waals surface area (Å²) < 4.78 is 8.66. The van der Waals surface area contributed by atoms with Crippen molar-refractivity contribution in [2.24, 2.45) is 0 Å². The molecule has 0 bridgehead atoms. The van der Waals surface area contributed by atoms with Gasteiger partial charge in [0.2, 0.25) is 0 Å². The van der Waals surface area contributed by atoms with Gasteiger partial charge in [0.15, 0.2) is 0 Å². The van der Waals surface area contributed by atoms with Crippen molar-refractivity contribution in [3.63, 3.8) is 0 Å². The Morgan fingerprint density at radius 3 is 2.15 bits per heavy atom. The minimum atomic E-state index is 0.580. The van der Waals surface area contributed by atoms with E-state index < -0.39 is 0 Å². The van der Waals surface area contributed by atoms with Crippen molar-refractivity contribution in [3.8, 4) is 11.1 Å². The molecule has 0 aliphatic carbocycles. The molecule has 0 N–H and O–H groups in total. The van der Waals surface area contributed by atoms with Gasteiger partial charge in [0, 0.05) is 0 Å².